The van der Waals surface area contributed by atoms with Crippen molar-refractivity contribution in [3.05, 3.63) is 83.7 Å². The van der Waals surface area contributed by atoms with Crippen LogP contribution >= 0.6 is 0 Å². The first-order valence-corrected chi connectivity index (χ1v) is 11.6. The fourth-order valence-corrected chi connectivity index (χ4v) is 3.44. The Hall–Kier alpha value is -5.13. The van der Waals surface area contributed by atoms with Crippen molar-refractivity contribution in [3.63, 3.8) is 0 Å². The van der Waals surface area contributed by atoms with Crippen molar-refractivity contribution < 1.29 is 23.9 Å². The lowest BCUT2D eigenvalue weighted by molar-refractivity contribution is -0.130. The lowest BCUT2D eigenvalue weighted by Gasteiger charge is -2.22. The molecule has 5 rings (SSSR count). The number of aromatic nitrogens is 1. The van der Waals surface area contributed by atoms with Gasteiger partial charge in [-0.05, 0) is 54.1 Å². The molecule has 0 saturated heterocycles. The van der Waals surface area contributed by atoms with E-state index in [1.807, 2.05) is 0 Å². The number of pyridine rings is 1. The molecule has 2 aliphatic rings. The highest BCUT2D eigenvalue weighted by molar-refractivity contribution is 5.98. The SMILES string of the molecule is CN(C)C(=O)COc1ccc2cc1OC/N=C(/N)c1ccc(cc1)NC2C(=O)NNC(=O)c1ccncc1. The van der Waals surface area contributed by atoms with Gasteiger partial charge in [-0.1, -0.05) is 6.07 Å². The second-order valence-electron chi connectivity index (χ2n) is 8.43. The number of nitrogens with one attached hydrogen (secondary N) is 3. The highest BCUT2D eigenvalue weighted by Crippen LogP contribution is 2.32. The van der Waals surface area contributed by atoms with Crippen LogP contribution in [-0.4, -0.2) is 60.9 Å². The average molecular weight is 518 g/mol. The highest BCUT2D eigenvalue weighted by Gasteiger charge is 2.24. The lowest BCUT2D eigenvalue weighted by atomic mass is 10.0. The third-order valence-corrected chi connectivity index (χ3v) is 5.60. The molecule has 3 heterocycles. The van der Waals surface area contributed by atoms with Crippen LogP contribution in [0.2, 0.25) is 0 Å². The number of rotatable bonds is 5. The van der Waals surface area contributed by atoms with Gasteiger partial charge in [-0.25, -0.2) is 4.99 Å². The fraction of sp³-hybridized carbons (Fsp3) is 0.192. The van der Waals surface area contributed by atoms with Gasteiger partial charge in [-0.15, -0.1) is 0 Å². The number of likely N-dealkylation sites (N-methyl/N-ethyl adjacent to an activating group) is 1. The molecule has 0 aliphatic carbocycles. The molecule has 0 radical (unpaired) electrons. The largest absolute Gasteiger partial charge is 0.480 e. The van der Waals surface area contributed by atoms with Crippen LogP contribution in [0.5, 0.6) is 11.5 Å². The number of carbonyl (C=O) groups is 3. The minimum Gasteiger partial charge on any atom is -0.480 e. The molecule has 4 bridgehead atoms. The summed E-state index contributed by atoms with van der Waals surface area (Å²) in [6.07, 6.45) is 2.95. The predicted octanol–water partition coefficient (Wildman–Crippen LogP) is 1.22. The molecule has 38 heavy (non-hydrogen) atoms. The van der Waals surface area contributed by atoms with Gasteiger partial charge in [-0.3, -0.25) is 30.2 Å². The van der Waals surface area contributed by atoms with E-state index in [0.717, 1.165) is 0 Å². The van der Waals surface area contributed by atoms with Gasteiger partial charge < -0.3 is 25.4 Å². The molecule has 2 aliphatic heterocycles. The first-order chi connectivity index (χ1) is 18.3. The van der Waals surface area contributed by atoms with Crippen LogP contribution in [0.25, 0.3) is 0 Å². The maximum absolute atomic E-state index is 13.3. The Labute approximate surface area is 218 Å². The molecule has 0 fully saturated rings. The van der Waals surface area contributed by atoms with Crippen molar-refractivity contribution in [2.45, 2.75) is 6.04 Å². The van der Waals surface area contributed by atoms with Crippen LogP contribution in [0.3, 0.4) is 0 Å². The topological polar surface area (TPSA) is 160 Å². The van der Waals surface area contributed by atoms with Gasteiger partial charge >= 0.3 is 0 Å². The number of nitrogens with two attached hydrogens (primary N) is 1. The Morgan fingerprint density at radius 2 is 1.82 bits per heavy atom. The number of ether oxygens (including phenoxy) is 2. The number of hydrogen-bond donors (Lipinski definition) is 4. The maximum Gasteiger partial charge on any atom is 0.269 e. The summed E-state index contributed by atoms with van der Waals surface area (Å²) < 4.78 is 11.5. The quantitative estimate of drug-likeness (QED) is 0.368. The summed E-state index contributed by atoms with van der Waals surface area (Å²) in [6, 6.07) is 14.0. The summed E-state index contributed by atoms with van der Waals surface area (Å²) in [6.45, 7) is -0.331. The number of hydrogen-bond acceptors (Lipinski definition) is 9. The molecule has 196 valence electrons. The number of fused-ring (bicyclic) bond motifs is 5. The van der Waals surface area contributed by atoms with Gasteiger partial charge in [0.25, 0.3) is 17.7 Å². The van der Waals surface area contributed by atoms with Gasteiger partial charge in [-0.2, -0.15) is 0 Å². The first kappa shape index (κ1) is 25.9. The number of amidine groups is 1. The molecule has 12 heteroatoms. The summed E-state index contributed by atoms with van der Waals surface area (Å²) in [4.78, 5) is 47.3. The van der Waals surface area contributed by atoms with Crippen LogP contribution < -0.4 is 31.4 Å². The zero-order chi connectivity index (χ0) is 27.1. The Bertz CT molecular complexity index is 1340. The van der Waals surface area contributed by atoms with E-state index in [4.69, 9.17) is 15.2 Å². The smallest absolute Gasteiger partial charge is 0.269 e. The number of carbonyl (C=O) groups excluding carboxylic acids is 3. The van der Waals surface area contributed by atoms with Gasteiger partial charge in [0.05, 0.1) is 0 Å². The Morgan fingerprint density at radius 1 is 1.08 bits per heavy atom. The van der Waals surface area contributed by atoms with Crippen molar-refractivity contribution in [1.29, 1.82) is 0 Å². The number of hydrazine groups is 1. The first-order valence-electron chi connectivity index (χ1n) is 11.6. The molecule has 3 aromatic rings. The zero-order valence-corrected chi connectivity index (χ0v) is 20.8. The molecule has 12 nitrogen and oxygen atoms in total. The lowest BCUT2D eigenvalue weighted by Crippen LogP contribution is -2.45. The van der Waals surface area contributed by atoms with Crippen molar-refractivity contribution in [3.8, 4) is 11.5 Å². The summed E-state index contributed by atoms with van der Waals surface area (Å²) in [5.74, 6) is -0.458. The summed E-state index contributed by atoms with van der Waals surface area (Å²) in [5, 5.41) is 3.17. The van der Waals surface area contributed by atoms with E-state index in [0.29, 0.717) is 22.4 Å². The molecule has 0 saturated carbocycles. The molecule has 0 spiro atoms. The normalized spacial score (nSPS) is 15.6. The molecule has 2 aromatic carbocycles. The van der Waals surface area contributed by atoms with Crippen molar-refractivity contribution >= 4 is 29.2 Å². The number of anilines is 1. The molecule has 1 unspecified atom stereocenters. The number of benzene rings is 2. The van der Waals surface area contributed by atoms with E-state index >= 15 is 0 Å². The molecular weight excluding hydrogens is 490 g/mol. The Balaban J connectivity index is 1.63. The highest BCUT2D eigenvalue weighted by atomic mass is 16.5. The Kier molecular flexibility index (Phi) is 8.01. The predicted molar refractivity (Wildman–Crippen MR) is 140 cm³/mol. The summed E-state index contributed by atoms with van der Waals surface area (Å²) in [5.41, 5.74) is 13.1. The van der Waals surface area contributed by atoms with Crippen LogP contribution in [-0.2, 0) is 9.59 Å². The van der Waals surface area contributed by atoms with Crippen LogP contribution in [0.4, 0.5) is 5.69 Å². The van der Waals surface area contributed by atoms with Gasteiger partial charge in [0.15, 0.2) is 24.8 Å². The van der Waals surface area contributed by atoms with Gasteiger partial charge in [0.1, 0.15) is 11.9 Å². The molecule has 3 amide bonds. The second-order valence-corrected chi connectivity index (χ2v) is 8.43. The van der Waals surface area contributed by atoms with Crippen molar-refractivity contribution in [2.75, 3.05) is 32.7 Å². The van der Waals surface area contributed by atoms with Crippen LogP contribution in [0.15, 0.2) is 72.0 Å². The number of nitrogens with zero attached hydrogens (tertiary/aromatic N) is 3. The van der Waals surface area contributed by atoms with Crippen LogP contribution in [0, 0.1) is 0 Å². The molecule has 5 N–H and O–H groups in total. The van der Waals surface area contributed by atoms with E-state index in [2.05, 4.69) is 26.1 Å². The van der Waals surface area contributed by atoms with E-state index in [9.17, 15) is 14.4 Å². The monoisotopic (exact) mass is 517 g/mol. The summed E-state index contributed by atoms with van der Waals surface area (Å²) in [7, 11) is 3.25. The third kappa shape index (κ3) is 6.35. The van der Waals surface area contributed by atoms with E-state index in [1.165, 1.54) is 29.4 Å². The van der Waals surface area contributed by atoms with Crippen molar-refractivity contribution in [1.82, 2.24) is 20.7 Å². The standard InChI is InChI=1S/C26H27N7O5/c1-33(2)22(34)14-37-20-8-5-18-13-21(20)38-15-29-24(27)16-3-6-19(7-4-16)30-23(18)26(36)32-31-25(35)17-9-11-28-12-10-17/h3-13,23,30H,14-15H2,1-2H3,(H2,27,29)(H,31,35)(H,32,36). The molecule has 1 aromatic heterocycles. The maximum atomic E-state index is 13.3. The summed E-state index contributed by atoms with van der Waals surface area (Å²) >= 11 is 0. The van der Waals surface area contributed by atoms with Gasteiger partial charge in [0.2, 0.25) is 0 Å². The number of aliphatic imine (C=N–C) groups is 1. The second kappa shape index (κ2) is 11.7. The minimum atomic E-state index is -0.947. The van der Waals surface area contributed by atoms with E-state index < -0.39 is 17.9 Å². The van der Waals surface area contributed by atoms with E-state index in [1.54, 1.807) is 56.6 Å². The average Bonchev–Trinajstić information content (AvgIpc) is 2.95. The van der Waals surface area contributed by atoms with Crippen molar-refractivity contribution in [2.24, 2.45) is 10.7 Å². The fourth-order valence-electron chi connectivity index (χ4n) is 3.44. The van der Waals surface area contributed by atoms with E-state index in [-0.39, 0.29) is 36.6 Å². The van der Waals surface area contributed by atoms with Crippen LogP contribution in [0.1, 0.15) is 27.5 Å². The molecule has 1 atom stereocenters. The van der Waals surface area contributed by atoms with Gasteiger partial charge in [0, 0.05) is 43.3 Å². The zero-order valence-electron chi connectivity index (χ0n) is 20.8. The number of amides is 3. The molecular formula is C26H27N7O5. The Morgan fingerprint density at radius 3 is 2.53 bits per heavy atom. The minimum absolute atomic E-state index is 0.124. The third-order valence-electron chi connectivity index (χ3n) is 5.60.